The van der Waals surface area contributed by atoms with Crippen molar-refractivity contribution in [2.24, 2.45) is 5.92 Å². The second-order valence-corrected chi connectivity index (χ2v) is 8.26. The Morgan fingerprint density at radius 3 is 2.00 bits per heavy atom. The number of rotatable bonds is 9. The van der Waals surface area contributed by atoms with Gasteiger partial charge in [-0.1, -0.05) is 60.7 Å². The van der Waals surface area contributed by atoms with Gasteiger partial charge in [0.1, 0.15) is 24.7 Å². The molecule has 2 unspecified atom stereocenters. The van der Waals surface area contributed by atoms with E-state index < -0.39 is 34.7 Å². The third-order valence-electron chi connectivity index (χ3n) is 5.99. The Morgan fingerprint density at radius 2 is 1.50 bits per heavy atom. The molecule has 186 valence electrons. The van der Waals surface area contributed by atoms with Gasteiger partial charge in [-0.15, -0.1) is 0 Å². The second kappa shape index (κ2) is 11.4. The van der Waals surface area contributed by atoms with Gasteiger partial charge >= 0.3 is 11.9 Å². The van der Waals surface area contributed by atoms with E-state index in [-0.39, 0.29) is 19.8 Å². The maximum absolute atomic E-state index is 13.4. The van der Waals surface area contributed by atoms with Crippen LogP contribution in [0.5, 0.6) is 11.5 Å². The summed E-state index contributed by atoms with van der Waals surface area (Å²) in [5, 5.41) is 12.0. The van der Waals surface area contributed by atoms with E-state index in [1.807, 2.05) is 12.1 Å². The van der Waals surface area contributed by atoms with Gasteiger partial charge in [0.25, 0.3) is 6.04 Å². The van der Waals surface area contributed by atoms with E-state index in [4.69, 9.17) is 18.9 Å². The van der Waals surface area contributed by atoms with Crippen LogP contribution < -0.4 is 9.47 Å². The van der Waals surface area contributed by atoms with Gasteiger partial charge in [0.05, 0.1) is 13.0 Å². The van der Waals surface area contributed by atoms with Crippen molar-refractivity contribution in [3.63, 3.8) is 0 Å². The highest BCUT2D eigenvalue weighted by atomic mass is 16.6. The van der Waals surface area contributed by atoms with E-state index in [0.29, 0.717) is 28.2 Å². The highest BCUT2D eigenvalue weighted by Crippen LogP contribution is 2.42. The van der Waals surface area contributed by atoms with Crippen LogP contribution in [0.25, 0.3) is 0 Å². The molecule has 3 aromatic carbocycles. The first-order valence-electron chi connectivity index (χ1n) is 11.3. The van der Waals surface area contributed by atoms with Crippen molar-refractivity contribution in [1.82, 2.24) is 0 Å². The van der Waals surface area contributed by atoms with Crippen molar-refractivity contribution >= 4 is 11.9 Å². The number of nitrogens with zero attached hydrogens (tertiary/aromatic N) is 1. The van der Waals surface area contributed by atoms with Crippen LogP contribution in [0, 0.1) is 16.0 Å². The molecule has 9 heteroatoms. The van der Waals surface area contributed by atoms with Gasteiger partial charge in [0.2, 0.25) is 0 Å². The predicted octanol–water partition coefficient (Wildman–Crippen LogP) is 3.92. The zero-order valence-corrected chi connectivity index (χ0v) is 19.6. The van der Waals surface area contributed by atoms with Gasteiger partial charge in [-0.25, -0.2) is 0 Å². The zero-order valence-electron chi connectivity index (χ0n) is 19.6. The number of benzene rings is 3. The Kier molecular flexibility index (Phi) is 7.79. The highest BCUT2D eigenvalue weighted by Gasteiger charge is 2.51. The average molecular weight is 491 g/mol. The number of fused-ring (bicyclic) bond motifs is 1. The molecule has 3 aromatic rings. The number of carbonyl (C=O) groups excluding carboxylic acids is 2. The lowest BCUT2D eigenvalue weighted by Crippen LogP contribution is -2.46. The van der Waals surface area contributed by atoms with Crippen molar-refractivity contribution < 1.29 is 33.5 Å². The third kappa shape index (κ3) is 5.63. The number of hydrogen-bond donors (Lipinski definition) is 0. The molecule has 0 amide bonds. The topological polar surface area (TPSA) is 114 Å². The van der Waals surface area contributed by atoms with Crippen LogP contribution >= 0.6 is 0 Å². The maximum atomic E-state index is 13.4. The Morgan fingerprint density at radius 1 is 0.944 bits per heavy atom. The lowest BCUT2D eigenvalue weighted by atomic mass is 9.79. The highest BCUT2D eigenvalue weighted by molar-refractivity contribution is 5.96. The largest absolute Gasteiger partial charge is 0.497 e. The molecule has 0 N–H and O–H groups in total. The van der Waals surface area contributed by atoms with E-state index >= 15 is 0 Å². The van der Waals surface area contributed by atoms with E-state index in [2.05, 4.69) is 0 Å². The summed E-state index contributed by atoms with van der Waals surface area (Å²) in [6, 6.07) is 21.3. The molecule has 1 aliphatic rings. The molecule has 4 rings (SSSR count). The van der Waals surface area contributed by atoms with E-state index in [9.17, 15) is 19.7 Å². The summed E-state index contributed by atoms with van der Waals surface area (Å²) in [7, 11) is 1.45. The lowest BCUT2D eigenvalue weighted by Gasteiger charge is -2.32. The molecule has 0 aromatic heterocycles. The van der Waals surface area contributed by atoms with Gasteiger partial charge in [0.15, 0.2) is 12.5 Å². The standard InChI is InChI=1S/C27H25NO8/c1-33-20-12-13-23-21(14-20)24(22(17-34-23)28(31)32)25(26(29)35-15-18-8-4-2-5-9-18)27(30)36-16-19-10-6-3-7-11-19/h2-14,22,24-25H,15-17H2,1H3. The first-order valence-corrected chi connectivity index (χ1v) is 11.3. The SMILES string of the molecule is COc1ccc2c(c1)C(C(C(=O)OCc1ccccc1)C(=O)OCc1ccccc1)C([N+](=O)[O-])CO2. The fraction of sp³-hybridized carbons (Fsp3) is 0.259. The normalized spacial score (nSPS) is 16.4. The summed E-state index contributed by atoms with van der Waals surface area (Å²) in [6.07, 6.45) is 0. The molecule has 0 spiro atoms. The fourth-order valence-corrected chi connectivity index (χ4v) is 4.15. The minimum atomic E-state index is -1.59. The second-order valence-electron chi connectivity index (χ2n) is 8.26. The molecule has 0 aliphatic carbocycles. The average Bonchev–Trinajstić information content (AvgIpc) is 2.91. The summed E-state index contributed by atoms with van der Waals surface area (Å²) in [5.74, 6) is -3.88. The molecule has 0 saturated heterocycles. The number of methoxy groups -OCH3 is 1. The monoisotopic (exact) mass is 491 g/mol. The Balaban J connectivity index is 1.69. The molecular formula is C27H25NO8. The first-order chi connectivity index (χ1) is 17.5. The molecule has 0 radical (unpaired) electrons. The summed E-state index contributed by atoms with van der Waals surface area (Å²) < 4.78 is 21.8. The van der Waals surface area contributed by atoms with Crippen LogP contribution in [-0.4, -0.2) is 36.6 Å². The van der Waals surface area contributed by atoms with Crippen molar-refractivity contribution in [3.8, 4) is 11.5 Å². The van der Waals surface area contributed by atoms with Crippen molar-refractivity contribution in [2.75, 3.05) is 13.7 Å². The minimum Gasteiger partial charge on any atom is -0.497 e. The third-order valence-corrected chi connectivity index (χ3v) is 5.99. The minimum absolute atomic E-state index is 0.0978. The number of carbonyl (C=O) groups is 2. The first kappa shape index (κ1) is 24.7. The summed E-state index contributed by atoms with van der Waals surface area (Å²) in [5.41, 5.74) is 1.73. The molecule has 0 saturated carbocycles. The van der Waals surface area contributed by atoms with Crippen molar-refractivity contribution in [1.29, 1.82) is 0 Å². The van der Waals surface area contributed by atoms with Crippen LogP contribution in [0.1, 0.15) is 22.6 Å². The fourth-order valence-electron chi connectivity index (χ4n) is 4.15. The van der Waals surface area contributed by atoms with Crippen LogP contribution in [0.2, 0.25) is 0 Å². The summed E-state index contributed by atoms with van der Waals surface area (Å²) >= 11 is 0. The summed E-state index contributed by atoms with van der Waals surface area (Å²) in [6.45, 7) is -0.510. The quantitative estimate of drug-likeness (QED) is 0.192. The zero-order chi connectivity index (χ0) is 25.5. The van der Waals surface area contributed by atoms with Gasteiger partial charge in [-0.2, -0.15) is 0 Å². The van der Waals surface area contributed by atoms with Gasteiger partial charge in [-0.05, 0) is 29.3 Å². The molecule has 9 nitrogen and oxygen atoms in total. The van der Waals surface area contributed by atoms with Gasteiger partial charge in [-0.3, -0.25) is 19.7 Å². The Hall–Kier alpha value is -4.40. The van der Waals surface area contributed by atoms with Crippen molar-refractivity contribution in [2.45, 2.75) is 25.2 Å². The molecule has 2 atom stereocenters. The number of hydrogen-bond acceptors (Lipinski definition) is 8. The molecule has 1 aliphatic heterocycles. The predicted molar refractivity (Wildman–Crippen MR) is 128 cm³/mol. The van der Waals surface area contributed by atoms with Crippen LogP contribution in [0.4, 0.5) is 0 Å². The number of esters is 2. The molecular weight excluding hydrogens is 466 g/mol. The summed E-state index contributed by atoms with van der Waals surface area (Å²) in [4.78, 5) is 38.2. The molecule has 0 bridgehead atoms. The molecule has 36 heavy (non-hydrogen) atoms. The van der Waals surface area contributed by atoms with Crippen LogP contribution in [0.15, 0.2) is 78.9 Å². The molecule has 0 fully saturated rings. The smallest absolute Gasteiger partial charge is 0.321 e. The lowest BCUT2D eigenvalue weighted by molar-refractivity contribution is -0.531. The number of nitro groups is 1. The van der Waals surface area contributed by atoms with E-state index in [0.717, 1.165) is 0 Å². The molecule has 1 heterocycles. The van der Waals surface area contributed by atoms with Gasteiger partial charge in [0, 0.05) is 10.5 Å². The van der Waals surface area contributed by atoms with E-state index in [1.165, 1.54) is 13.2 Å². The van der Waals surface area contributed by atoms with Gasteiger partial charge < -0.3 is 18.9 Å². The van der Waals surface area contributed by atoms with Crippen LogP contribution in [0.3, 0.4) is 0 Å². The Labute approximate surface area is 207 Å². The maximum Gasteiger partial charge on any atom is 0.321 e. The Bertz CT molecular complexity index is 1160. The van der Waals surface area contributed by atoms with Crippen molar-refractivity contribution in [3.05, 3.63) is 106 Å². The van der Waals surface area contributed by atoms with Crippen LogP contribution in [-0.2, 0) is 32.3 Å². The van der Waals surface area contributed by atoms with E-state index in [1.54, 1.807) is 60.7 Å². The number of ether oxygens (including phenoxy) is 4.